The lowest BCUT2D eigenvalue weighted by molar-refractivity contribution is -0.113. The number of aryl methyl sites for hydroxylation is 2. The Morgan fingerprint density at radius 1 is 0.971 bits per heavy atom. The lowest BCUT2D eigenvalue weighted by Crippen LogP contribution is -2.14. The maximum atomic E-state index is 12.5. The van der Waals surface area contributed by atoms with Crippen LogP contribution < -0.4 is 5.32 Å². The molecular formula is C25H21ClN6OS. The molecule has 0 unspecified atom stereocenters. The van der Waals surface area contributed by atoms with Gasteiger partial charge in [-0.05, 0) is 42.5 Å². The van der Waals surface area contributed by atoms with Crippen molar-refractivity contribution >= 4 is 46.0 Å². The van der Waals surface area contributed by atoms with E-state index in [2.05, 4.69) is 25.5 Å². The van der Waals surface area contributed by atoms with Gasteiger partial charge in [-0.2, -0.15) is 0 Å². The van der Waals surface area contributed by atoms with E-state index in [4.69, 9.17) is 11.6 Å². The number of aromatic amines is 1. The lowest BCUT2D eigenvalue weighted by atomic mass is 10.2. The highest BCUT2D eigenvalue weighted by Gasteiger charge is 2.16. The smallest absolute Gasteiger partial charge is 0.234 e. The molecule has 0 saturated heterocycles. The summed E-state index contributed by atoms with van der Waals surface area (Å²) in [4.78, 5) is 20.5. The van der Waals surface area contributed by atoms with Gasteiger partial charge in [-0.25, -0.2) is 4.98 Å². The minimum absolute atomic E-state index is 0.140. The van der Waals surface area contributed by atoms with Gasteiger partial charge in [0.1, 0.15) is 11.6 Å². The van der Waals surface area contributed by atoms with Crippen LogP contribution in [0.2, 0.25) is 5.02 Å². The van der Waals surface area contributed by atoms with Gasteiger partial charge in [0, 0.05) is 29.2 Å². The van der Waals surface area contributed by atoms with Crippen LogP contribution in [0.25, 0.3) is 16.7 Å². The van der Waals surface area contributed by atoms with Crippen LogP contribution in [0.4, 0.5) is 5.69 Å². The van der Waals surface area contributed by atoms with E-state index in [-0.39, 0.29) is 11.7 Å². The number of rotatable bonds is 8. The highest BCUT2D eigenvalue weighted by molar-refractivity contribution is 7.99. The number of benzene rings is 3. The topological polar surface area (TPSA) is 88.5 Å². The molecule has 1 amide bonds. The van der Waals surface area contributed by atoms with Gasteiger partial charge in [0.15, 0.2) is 5.16 Å². The second kappa shape index (κ2) is 10.1. The number of hydrogen-bond acceptors (Lipinski definition) is 5. The van der Waals surface area contributed by atoms with Crippen molar-refractivity contribution in [3.05, 3.63) is 95.5 Å². The molecule has 34 heavy (non-hydrogen) atoms. The third-order valence-corrected chi connectivity index (χ3v) is 6.34. The fourth-order valence-corrected chi connectivity index (χ4v) is 4.60. The van der Waals surface area contributed by atoms with Gasteiger partial charge in [0.2, 0.25) is 5.91 Å². The van der Waals surface area contributed by atoms with Crippen LogP contribution in [0.3, 0.4) is 0 Å². The van der Waals surface area contributed by atoms with Gasteiger partial charge in [-0.15, -0.1) is 10.2 Å². The molecule has 5 aromatic rings. The van der Waals surface area contributed by atoms with Crippen molar-refractivity contribution in [2.24, 2.45) is 0 Å². The SMILES string of the molecule is O=C(CSc1nnc(CCc2nc3ccccc3[nH]2)n1-c1ccccc1)Nc1cccc(Cl)c1. The number of carbonyl (C=O) groups excluding carboxylic acids is 1. The Balaban J connectivity index is 1.32. The number of nitrogens with zero attached hydrogens (tertiary/aromatic N) is 4. The summed E-state index contributed by atoms with van der Waals surface area (Å²) in [6, 6.07) is 25.0. The molecule has 0 aliphatic heterocycles. The molecular weight excluding hydrogens is 468 g/mol. The van der Waals surface area contributed by atoms with Crippen LogP contribution in [-0.4, -0.2) is 36.4 Å². The zero-order chi connectivity index (χ0) is 23.3. The Labute approximate surface area is 205 Å². The summed E-state index contributed by atoms with van der Waals surface area (Å²) in [5, 5.41) is 12.9. The van der Waals surface area contributed by atoms with Gasteiger partial charge < -0.3 is 10.3 Å². The number of imidazole rings is 1. The summed E-state index contributed by atoms with van der Waals surface area (Å²) in [7, 11) is 0. The fourth-order valence-electron chi connectivity index (χ4n) is 3.64. The number of nitrogens with one attached hydrogen (secondary N) is 2. The van der Waals surface area contributed by atoms with E-state index in [0.29, 0.717) is 28.7 Å². The van der Waals surface area contributed by atoms with Crippen molar-refractivity contribution in [1.29, 1.82) is 0 Å². The molecule has 0 atom stereocenters. The predicted octanol–water partition coefficient (Wildman–Crippen LogP) is 5.31. The Morgan fingerprint density at radius 3 is 2.62 bits per heavy atom. The lowest BCUT2D eigenvalue weighted by Gasteiger charge is -2.10. The highest BCUT2D eigenvalue weighted by Crippen LogP contribution is 2.24. The first-order valence-electron chi connectivity index (χ1n) is 10.8. The number of para-hydroxylation sites is 3. The maximum absolute atomic E-state index is 12.5. The first-order chi connectivity index (χ1) is 16.7. The van der Waals surface area contributed by atoms with Crippen LogP contribution >= 0.6 is 23.4 Å². The van der Waals surface area contributed by atoms with Crippen molar-refractivity contribution in [3.63, 3.8) is 0 Å². The number of hydrogen-bond donors (Lipinski definition) is 2. The molecule has 9 heteroatoms. The minimum atomic E-state index is -0.140. The average Bonchev–Trinajstić information content (AvgIpc) is 3.45. The minimum Gasteiger partial charge on any atom is -0.342 e. The zero-order valence-corrected chi connectivity index (χ0v) is 19.7. The molecule has 5 rings (SSSR count). The molecule has 7 nitrogen and oxygen atoms in total. The van der Waals surface area contributed by atoms with Crippen molar-refractivity contribution in [3.8, 4) is 5.69 Å². The Bertz CT molecular complexity index is 1400. The maximum Gasteiger partial charge on any atom is 0.234 e. The molecule has 2 N–H and O–H groups in total. The molecule has 0 aliphatic carbocycles. The normalized spacial score (nSPS) is 11.1. The van der Waals surface area contributed by atoms with E-state index in [1.54, 1.807) is 24.3 Å². The van der Waals surface area contributed by atoms with Crippen molar-refractivity contribution in [2.45, 2.75) is 18.0 Å². The Morgan fingerprint density at radius 2 is 1.79 bits per heavy atom. The summed E-state index contributed by atoms with van der Waals surface area (Å²) in [6.07, 6.45) is 1.34. The second-order valence-corrected chi connectivity index (χ2v) is 9.00. The van der Waals surface area contributed by atoms with Crippen LogP contribution in [0, 0.1) is 0 Å². The molecule has 0 radical (unpaired) electrons. The van der Waals surface area contributed by atoms with E-state index in [1.165, 1.54) is 11.8 Å². The average molecular weight is 489 g/mol. The van der Waals surface area contributed by atoms with Gasteiger partial charge >= 0.3 is 0 Å². The molecule has 0 bridgehead atoms. The number of carbonyl (C=O) groups is 1. The first-order valence-corrected chi connectivity index (χ1v) is 12.1. The molecule has 0 aliphatic rings. The molecule has 2 heterocycles. The first kappa shape index (κ1) is 22.2. The number of amides is 1. The van der Waals surface area contributed by atoms with Crippen LogP contribution in [0.1, 0.15) is 11.6 Å². The number of anilines is 1. The Hall–Kier alpha value is -3.62. The van der Waals surface area contributed by atoms with E-state index in [0.717, 1.165) is 28.4 Å². The fraction of sp³-hybridized carbons (Fsp3) is 0.120. The molecule has 3 aromatic carbocycles. The zero-order valence-electron chi connectivity index (χ0n) is 18.1. The van der Waals surface area contributed by atoms with E-state index in [1.807, 2.05) is 59.2 Å². The van der Waals surface area contributed by atoms with Crippen molar-refractivity contribution in [1.82, 2.24) is 24.7 Å². The van der Waals surface area contributed by atoms with Gasteiger partial charge in [-0.1, -0.05) is 59.8 Å². The molecule has 0 fully saturated rings. The third kappa shape index (κ3) is 5.13. The summed E-state index contributed by atoms with van der Waals surface area (Å²) in [6.45, 7) is 0. The number of thioether (sulfide) groups is 1. The number of aromatic nitrogens is 5. The van der Waals surface area contributed by atoms with Crippen molar-refractivity contribution < 1.29 is 4.79 Å². The highest BCUT2D eigenvalue weighted by atomic mass is 35.5. The Kier molecular flexibility index (Phi) is 6.60. The number of H-pyrrole nitrogens is 1. The predicted molar refractivity (Wildman–Crippen MR) is 136 cm³/mol. The van der Waals surface area contributed by atoms with Gasteiger partial charge in [-0.3, -0.25) is 9.36 Å². The largest absolute Gasteiger partial charge is 0.342 e. The summed E-state index contributed by atoms with van der Waals surface area (Å²) < 4.78 is 2.00. The van der Waals surface area contributed by atoms with Gasteiger partial charge in [0.05, 0.1) is 16.8 Å². The quantitative estimate of drug-likeness (QED) is 0.289. The van der Waals surface area contributed by atoms with Crippen molar-refractivity contribution in [2.75, 3.05) is 11.1 Å². The van der Waals surface area contributed by atoms with Crippen LogP contribution in [-0.2, 0) is 17.6 Å². The summed E-state index contributed by atoms with van der Waals surface area (Å²) in [5.41, 5.74) is 3.58. The number of fused-ring (bicyclic) bond motifs is 1. The number of halogens is 1. The standard InChI is InChI=1S/C25H21ClN6OS/c26-17-7-6-8-18(15-17)27-24(33)16-34-25-31-30-23(32(25)19-9-2-1-3-10-19)14-13-22-28-20-11-4-5-12-21(20)29-22/h1-12,15H,13-14,16H2,(H,27,33)(H,28,29). The van der Waals surface area contributed by atoms with E-state index < -0.39 is 0 Å². The van der Waals surface area contributed by atoms with Crippen LogP contribution in [0.15, 0.2) is 84.0 Å². The molecule has 0 saturated carbocycles. The summed E-state index contributed by atoms with van der Waals surface area (Å²) >= 11 is 7.35. The second-order valence-electron chi connectivity index (χ2n) is 7.62. The monoisotopic (exact) mass is 488 g/mol. The third-order valence-electron chi connectivity index (χ3n) is 5.18. The van der Waals surface area contributed by atoms with Gasteiger partial charge in [0.25, 0.3) is 0 Å². The van der Waals surface area contributed by atoms with Crippen LogP contribution in [0.5, 0.6) is 0 Å². The van der Waals surface area contributed by atoms with E-state index in [9.17, 15) is 4.79 Å². The van der Waals surface area contributed by atoms with E-state index >= 15 is 0 Å². The molecule has 2 aromatic heterocycles. The molecule has 0 spiro atoms. The summed E-state index contributed by atoms with van der Waals surface area (Å²) in [5.74, 6) is 1.77. The molecule has 170 valence electrons.